The first-order valence-corrected chi connectivity index (χ1v) is 14.0. The number of hydrogen-bond acceptors (Lipinski definition) is 5. The van der Waals surface area contributed by atoms with Gasteiger partial charge < -0.3 is 9.13 Å². The van der Waals surface area contributed by atoms with Gasteiger partial charge in [-0.15, -0.1) is 10.2 Å². The SMILES string of the molecule is CCc1nc2ccn(Cc3cccc(C(F)(F)F)c3)c(=O)c2n1[C@H]1CCc2cc(-c3ccccc3-c3nn[nH]n3)ccc21. The van der Waals surface area contributed by atoms with E-state index in [0.717, 1.165) is 53.1 Å². The molecule has 0 amide bonds. The number of imidazole rings is 1. The van der Waals surface area contributed by atoms with Gasteiger partial charge in [-0.2, -0.15) is 18.4 Å². The van der Waals surface area contributed by atoms with E-state index < -0.39 is 11.7 Å². The molecule has 1 aliphatic rings. The van der Waals surface area contributed by atoms with Crippen molar-refractivity contribution >= 4 is 11.0 Å². The summed E-state index contributed by atoms with van der Waals surface area (Å²) in [6, 6.07) is 21.1. The first-order chi connectivity index (χ1) is 20.8. The molecule has 0 bridgehead atoms. The summed E-state index contributed by atoms with van der Waals surface area (Å²) in [7, 11) is 0. The standard InChI is InChI=1S/C32H26F3N7O/c1-2-28-36-26-14-15-41(18-19-6-5-7-22(16-19)32(33,34)35)31(43)29(26)42(28)27-13-11-21-17-20(10-12-24(21)27)23-8-3-4-9-25(23)30-37-39-40-38-30/h3-10,12,14-17,27H,2,11,13,18H2,1H3,(H,37,38,39,40)/t27-/m0/s1. The Balaban J connectivity index is 1.28. The number of rotatable bonds is 6. The number of halogens is 3. The lowest BCUT2D eigenvalue weighted by Crippen LogP contribution is -2.24. The molecule has 1 aliphatic carbocycles. The number of nitrogens with one attached hydrogen (secondary N) is 1. The minimum Gasteiger partial charge on any atom is -0.316 e. The Labute approximate surface area is 243 Å². The number of tetrazole rings is 1. The van der Waals surface area contributed by atoms with Gasteiger partial charge in [0.1, 0.15) is 11.3 Å². The highest BCUT2D eigenvalue weighted by molar-refractivity contribution is 5.81. The average molecular weight is 582 g/mol. The van der Waals surface area contributed by atoms with Crippen LogP contribution in [0.25, 0.3) is 33.5 Å². The van der Waals surface area contributed by atoms with Crippen LogP contribution in [-0.4, -0.2) is 34.7 Å². The van der Waals surface area contributed by atoms with Crippen LogP contribution < -0.4 is 5.56 Å². The number of nitrogens with zero attached hydrogens (tertiary/aromatic N) is 6. The van der Waals surface area contributed by atoms with E-state index in [1.54, 1.807) is 18.3 Å². The molecule has 0 radical (unpaired) electrons. The van der Waals surface area contributed by atoms with E-state index in [1.165, 1.54) is 16.2 Å². The molecule has 7 rings (SSSR count). The maximum absolute atomic E-state index is 13.9. The zero-order valence-corrected chi connectivity index (χ0v) is 23.1. The van der Waals surface area contributed by atoms with Crippen molar-refractivity contribution in [2.75, 3.05) is 0 Å². The van der Waals surface area contributed by atoms with Gasteiger partial charge in [-0.05, 0) is 64.1 Å². The number of pyridine rings is 1. The summed E-state index contributed by atoms with van der Waals surface area (Å²) in [5, 5.41) is 14.5. The van der Waals surface area contributed by atoms with E-state index in [1.807, 2.05) is 35.8 Å². The average Bonchev–Trinajstić information content (AvgIpc) is 3.77. The Morgan fingerprint density at radius 2 is 1.84 bits per heavy atom. The second-order valence-corrected chi connectivity index (χ2v) is 10.7. The van der Waals surface area contributed by atoms with Crippen molar-refractivity contribution in [3.63, 3.8) is 0 Å². The van der Waals surface area contributed by atoms with Gasteiger partial charge in [0.15, 0.2) is 0 Å². The van der Waals surface area contributed by atoms with Crippen molar-refractivity contribution in [3.8, 4) is 22.5 Å². The summed E-state index contributed by atoms with van der Waals surface area (Å²) in [6.45, 7) is 2.03. The van der Waals surface area contributed by atoms with Crippen LogP contribution in [0.2, 0.25) is 0 Å². The summed E-state index contributed by atoms with van der Waals surface area (Å²) in [4.78, 5) is 18.7. The normalized spacial score (nSPS) is 14.8. The first kappa shape index (κ1) is 26.8. The Bertz CT molecular complexity index is 2030. The van der Waals surface area contributed by atoms with Crippen molar-refractivity contribution < 1.29 is 13.2 Å². The Kier molecular flexibility index (Phi) is 6.45. The monoisotopic (exact) mass is 581 g/mol. The van der Waals surface area contributed by atoms with E-state index >= 15 is 0 Å². The molecule has 0 spiro atoms. The van der Waals surface area contributed by atoms with Gasteiger partial charge in [0.05, 0.1) is 23.7 Å². The highest BCUT2D eigenvalue weighted by Gasteiger charge is 2.31. The fraction of sp³-hybridized carbons (Fsp3) is 0.219. The van der Waals surface area contributed by atoms with Crippen molar-refractivity contribution in [3.05, 3.63) is 117 Å². The van der Waals surface area contributed by atoms with Crippen LogP contribution in [-0.2, 0) is 25.6 Å². The van der Waals surface area contributed by atoms with Crippen molar-refractivity contribution in [1.82, 2.24) is 34.7 Å². The molecule has 0 aliphatic heterocycles. The van der Waals surface area contributed by atoms with Crippen molar-refractivity contribution in [1.29, 1.82) is 0 Å². The molecular weight excluding hydrogens is 555 g/mol. The molecular formula is C32H26F3N7O. The molecule has 8 nitrogen and oxygen atoms in total. The third-order valence-corrected chi connectivity index (χ3v) is 8.14. The Morgan fingerprint density at radius 3 is 2.60 bits per heavy atom. The predicted octanol–water partition coefficient (Wildman–Crippen LogP) is 6.21. The minimum absolute atomic E-state index is 0.0235. The number of hydrogen-bond donors (Lipinski definition) is 1. The molecule has 216 valence electrons. The topological polar surface area (TPSA) is 94.3 Å². The largest absolute Gasteiger partial charge is 0.416 e. The van der Waals surface area contributed by atoms with Gasteiger partial charge in [-0.1, -0.05) is 61.5 Å². The molecule has 3 heterocycles. The molecule has 6 aromatic rings. The fourth-order valence-electron chi connectivity index (χ4n) is 6.18. The molecule has 3 aromatic carbocycles. The Morgan fingerprint density at radius 1 is 1.00 bits per heavy atom. The Hall–Kier alpha value is -5.06. The summed E-state index contributed by atoms with van der Waals surface area (Å²) >= 11 is 0. The van der Waals surface area contributed by atoms with Gasteiger partial charge in [0, 0.05) is 18.2 Å². The number of alkyl halides is 3. The lowest BCUT2D eigenvalue weighted by molar-refractivity contribution is -0.137. The first-order valence-electron chi connectivity index (χ1n) is 14.0. The van der Waals surface area contributed by atoms with Gasteiger partial charge >= 0.3 is 6.18 Å². The van der Waals surface area contributed by atoms with Crippen LogP contribution in [0.4, 0.5) is 13.2 Å². The molecule has 0 saturated heterocycles. The third-order valence-electron chi connectivity index (χ3n) is 8.14. The van der Waals surface area contributed by atoms with Crippen molar-refractivity contribution in [2.24, 2.45) is 0 Å². The number of H-pyrrole nitrogens is 1. The van der Waals surface area contributed by atoms with Crippen molar-refractivity contribution in [2.45, 2.75) is 44.9 Å². The minimum atomic E-state index is -4.45. The van der Waals surface area contributed by atoms with E-state index in [4.69, 9.17) is 4.98 Å². The van der Waals surface area contributed by atoms with E-state index in [9.17, 15) is 18.0 Å². The lowest BCUT2D eigenvalue weighted by Gasteiger charge is -2.18. The van der Waals surface area contributed by atoms with Gasteiger partial charge in [-0.25, -0.2) is 4.98 Å². The highest BCUT2D eigenvalue weighted by atomic mass is 19.4. The molecule has 43 heavy (non-hydrogen) atoms. The number of aromatic nitrogens is 7. The molecule has 3 aromatic heterocycles. The lowest BCUT2D eigenvalue weighted by atomic mass is 9.96. The van der Waals surface area contributed by atoms with Gasteiger partial charge in [0.25, 0.3) is 5.56 Å². The molecule has 1 atom stereocenters. The smallest absolute Gasteiger partial charge is 0.316 e. The third kappa shape index (κ3) is 4.70. The number of aromatic amines is 1. The van der Waals surface area contributed by atoms with Crippen LogP contribution in [0.5, 0.6) is 0 Å². The van der Waals surface area contributed by atoms with E-state index in [-0.39, 0.29) is 18.1 Å². The maximum Gasteiger partial charge on any atom is 0.416 e. The molecule has 0 unspecified atom stereocenters. The second kappa shape index (κ2) is 10.3. The number of aryl methyl sites for hydroxylation is 2. The van der Waals surface area contributed by atoms with Crippen LogP contribution in [0.1, 0.15) is 47.5 Å². The summed E-state index contributed by atoms with van der Waals surface area (Å²) in [6.07, 6.45) is -0.593. The summed E-state index contributed by atoms with van der Waals surface area (Å²) in [5.74, 6) is 1.32. The maximum atomic E-state index is 13.9. The predicted molar refractivity (Wildman–Crippen MR) is 155 cm³/mol. The zero-order valence-electron chi connectivity index (χ0n) is 23.1. The summed E-state index contributed by atoms with van der Waals surface area (Å²) in [5.41, 5.74) is 5.66. The molecule has 11 heteroatoms. The van der Waals surface area contributed by atoms with Gasteiger partial charge in [-0.3, -0.25) is 4.79 Å². The van der Waals surface area contributed by atoms with Gasteiger partial charge in [0.2, 0.25) is 5.82 Å². The summed E-state index contributed by atoms with van der Waals surface area (Å²) < 4.78 is 43.4. The van der Waals surface area contributed by atoms with Crippen LogP contribution >= 0.6 is 0 Å². The van der Waals surface area contributed by atoms with Crippen LogP contribution in [0.3, 0.4) is 0 Å². The fourth-order valence-corrected chi connectivity index (χ4v) is 6.18. The number of benzene rings is 3. The van der Waals surface area contributed by atoms with E-state index in [2.05, 4.69) is 38.8 Å². The molecule has 0 saturated carbocycles. The zero-order chi connectivity index (χ0) is 29.7. The van der Waals surface area contributed by atoms with Crippen LogP contribution in [0, 0.1) is 0 Å². The molecule has 0 fully saturated rings. The van der Waals surface area contributed by atoms with E-state index in [0.29, 0.717) is 28.8 Å². The second-order valence-electron chi connectivity index (χ2n) is 10.7. The number of fused-ring (bicyclic) bond motifs is 2. The quantitative estimate of drug-likeness (QED) is 0.252. The highest BCUT2D eigenvalue weighted by Crippen LogP contribution is 2.40. The molecule has 1 N–H and O–H groups in total. The van der Waals surface area contributed by atoms with Crippen LogP contribution in [0.15, 0.2) is 83.8 Å².